The van der Waals surface area contributed by atoms with Crippen molar-refractivity contribution in [1.29, 1.82) is 0 Å². The molecule has 1 fully saturated rings. The highest BCUT2D eigenvalue weighted by Crippen LogP contribution is 2.26. The van der Waals surface area contributed by atoms with E-state index < -0.39 is 5.54 Å². The summed E-state index contributed by atoms with van der Waals surface area (Å²) < 4.78 is 11.1. The second-order valence-electron chi connectivity index (χ2n) is 6.08. The molecule has 118 valence electrons. The van der Waals surface area contributed by atoms with Gasteiger partial charge in [-0.15, -0.1) is 0 Å². The van der Waals surface area contributed by atoms with Crippen molar-refractivity contribution >= 4 is 5.97 Å². The lowest BCUT2D eigenvalue weighted by atomic mass is 9.88. The van der Waals surface area contributed by atoms with Gasteiger partial charge in [0.25, 0.3) is 0 Å². The molecule has 0 radical (unpaired) electrons. The van der Waals surface area contributed by atoms with E-state index in [4.69, 9.17) is 9.47 Å². The fraction of sp³-hybridized carbons (Fsp3) is 0.938. The molecule has 0 spiro atoms. The fourth-order valence-electron chi connectivity index (χ4n) is 2.81. The van der Waals surface area contributed by atoms with Crippen LogP contribution < -0.4 is 5.32 Å². The number of rotatable bonds is 8. The van der Waals surface area contributed by atoms with Gasteiger partial charge in [0.15, 0.2) is 0 Å². The molecule has 1 N–H and O–H groups in total. The highest BCUT2D eigenvalue weighted by Gasteiger charge is 2.32. The third-order valence-corrected chi connectivity index (χ3v) is 4.46. The Morgan fingerprint density at radius 2 is 2.05 bits per heavy atom. The van der Waals surface area contributed by atoms with Crippen molar-refractivity contribution in [2.45, 2.75) is 70.9 Å². The van der Waals surface area contributed by atoms with Crippen LogP contribution in [0.4, 0.5) is 0 Å². The van der Waals surface area contributed by atoms with E-state index in [1.807, 2.05) is 13.8 Å². The van der Waals surface area contributed by atoms with E-state index in [-0.39, 0.29) is 5.97 Å². The fourth-order valence-corrected chi connectivity index (χ4v) is 2.81. The molecule has 4 heteroatoms. The van der Waals surface area contributed by atoms with Crippen LogP contribution in [0.3, 0.4) is 0 Å². The molecule has 1 saturated carbocycles. The number of hydrogen-bond acceptors (Lipinski definition) is 4. The van der Waals surface area contributed by atoms with Crippen LogP contribution >= 0.6 is 0 Å². The van der Waals surface area contributed by atoms with E-state index in [9.17, 15) is 4.79 Å². The number of likely N-dealkylation sites (N-methyl/N-ethyl adjacent to an activating group) is 1. The molecule has 0 aromatic carbocycles. The highest BCUT2D eigenvalue weighted by atomic mass is 16.5. The number of carbonyl (C=O) groups is 1. The van der Waals surface area contributed by atoms with Crippen LogP contribution in [0.25, 0.3) is 0 Å². The molecular weight excluding hydrogens is 254 g/mol. The second kappa shape index (κ2) is 8.63. The number of carbonyl (C=O) groups excluding carboxylic acids is 1. The molecule has 0 amide bonds. The van der Waals surface area contributed by atoms with E-state index in [0.29, 0.717) is 18.6 Å². The topological polar surface area (TPSA) is 47.6 Å². The van der Waals surface area contributed by atoms with E-state index >= 15 is 0 Å². The highest BCUT2D eigenvalue weighted by molar-refractivity contribution is 5.80. The summed E-state index contributed by atoms with van der Waals surface area (Å²) in [6.45, 7) is 7.16. The van der Waals surface area contributed by atoms with Gasteiger partial charge in [0.1, 0.15) is 5.54 Å². The SMILES string of the molecule is CCOC(=O)C(C)(CCCOC1CCCCC1C)NC. The van der Waals surface area contributed by atoms with E-state index in [1.165, 1.54) is 25.7 Å². The first-order valence-electron chi connectivity index (χ1n) is 8.01. The smallest absolute Gasteiger partial charge is 0.326 e. The Labute approximate surface area is 123 Å². The third kappa shape index (κ3) is 5.06. The van der Waals surface area contributed by atoms with Crippen LogP contribution in [0, 0.1) is 5.92 Å². The van der Waals surface area contributed by atoms with Gasteiger partial charge in [-0.3, -0.25) is 4.79 Å². The Morgan fingerprint density at radius 1 is 1.35 bits per heavy atom. The first kappa shape index (κ1) is 17.4. The summed E-state index contributed by atoms with van der Waals surface area (Å²) in [7, 11) is 1.81. The van der Waals surface area contributed by atoms with E-state index in [2.05, 4.69) is 12.2 Å². The molecule has 0 bridgehead atoms. The maximum absolute atomic E-state index is 11.9. The number of esters is 1. The van der Waals surface area contributed by atoms with Crippen molar-refractivity contribution in [1.82, 2.24) is 5.32 Å². The van der Waals surface area contributed by atoms with E-state index in [1.54, 1.807) is 7.05 Å². The minimum absolute atomic E-state index is 0.173. The summed E-state index contributed by atoms with van der Waals surface area (Å²) in [6.07, 6.45) is 7.10. The number of ether oxygens (including phenoxy) is 2. The molecule has 0 aromatic heterocycles. The van der Waals surface area contributed by atoms with Gasteiger partial charge in [0.2, 0.25) is 0 Å². The molecular formula is C16H31NO3. The minimum atomic E-state index is -0.600. The predicted molar refractivity (Wildman–Crippen MR) is 80.7 cm³/mol. The number of nitrogens with one attached hydrogen (secondary N) is 1. The Morgan fingerprint density at radius 3 is 2.65 bits per heavy atom. The second-order valence-corrected chi connectivity index (χ2v) is 6.08. The Kier molecular flexibility index (Phi) is 7.52. The monoisotopic (exact) mass is 285 g/mol. The first-order valence-corrected chi connectivity index (χ1v) is 8.01. The van der Waals surface area contributed by atoms with Gasteiger partial charge >= 0.3 is 5.97 Å². The maximum Gasteiger partial charge on any atom is 0.326 e. The van der Waals surface area contributed by atoms with Crippen molar-refractivity contribution in [2.24, 2.45) is 5.92 Å². The molecule has 0 saturated heterocycles. The summed E-state index contributed by atoms with van der Waals surface area (Å²) in [5, 5.41) is 3.08. The van der Waals surface area contributed by atoms with Crippen LogP contribution in [0.1, 0.15) is 59.3 Å². The molecule has 3 atom stereocenters. The van der Waals surface area contributed by atoms with Crippen molar-refractivity contribution in [3.8, 4) is 0 Å². The lowest BCUT2D eigenvalue weighted by Gasteiger charge is -2.30. The van der Waals surface area contributed by atoms with Gasteiger partial charge in [-0.25, -0.2) is 0 Å². The van der Waals surface area contributed by atoms with Crippen molar-refractivity contribution < 1.29 is 14.3 Å². The summed E-state index contributed by atoms with van der Waals surface area (Å²) in [6, 6.07) is 0. The van der Waals surface area contributed by atoms with Crippen LogP contribution in [0.2, 0.25) is 0 Å². The molecule has 20 heavy (non-hydrogen) atoms. The number of hydrogen-bond donors (Lipinski definition) is 1. The van der Waals surface area contributed by atoms with Gasteiger partial charge in [-0.05, 0) is 52.5 Å². The predicted octanol–water partition coefficient (Wildman–Crippen LogP) is 2.90. The zero-order valence-electron chi connectivity index (χ0n) is 13.5. The molecule has 1 aliphatic carbocycles. The van der Waals surface area contributed by atoms with Crippen molar-refractivity contribution in [3.63, 3.8) is 0 Å². The third-order valence-electron chi connectivity index (χ3n) is 4.46. The molecule has 0 heterocycles. The van der Waals surface area contributed by atoms with Crippen LogP contribution in [-0.4, -0.2) is 37.9 Å². The van der Waals surface area contributed by atoms with Gasteiger partial charge in [-0.1, -0.05) is 19.8 Å². The lowest BCUT2D eigenvalue weighted by molar-refractivity contribution is -0.150. The summed E-state index contributed by atoms with van der Waals surface area (Å²) in [5.74, 6) is 0.498. The largest absolute Gasteiger partial charge is 0.465 e. The maximum atomic E-state index is 11.9. The molecule has 1 rings (SSSR count). The van der Waals surface area contributed by atoms with E-state index in [0.717, 1.165) is 19.4 Å². The lowest BCUT2D eigenvalue weighted by Crippen LogP contribution is -2.48. The summed E-state index contributed by atoms with van der Waals surface area (Å²) >= 11 is 0. The van der Waals surface area contributed by atoms with Crippen LogP contribution in [0.5, 0.6) is 0 Å². The molecule has 4 nitrogen and oxygen atoms in total. The van der Waals surface area contributed by atoms with Gasteiger partial charge < -0.3 is 14.8 Å². The van der Waals surface area contributed by atoms with Gasteiger partial charge in [0, 0.05) is 6.61 Å². The standard InChI is InChI=1S/C16H31NO3/c1-5-19-15(18)16(3,17-4)11-8-12-20-14-10-7-6-9-13(14)2/h13-14,17H,5-12H2,1-4H3. The molecule has 0 aliphatic heterocycles. The summed E-state index contributed by atoms with van der Waals surface area (Å²) in [5.41, 5.74) is -0.600. The van der Waals surface area contributed by atoms with Crippen LogP contribution in [0.15, 0.2) is 0 Å². The van der Waals surface area contributed by atoms with Gasteiger partial charge in [-0.2, -0.15) is 0 Å². The Balaban J connectivity index is 2.29. The zero-order valence-corrected chi connectivity index (χ0v) is 13.5. The summed E-state index contributed by atoms with van der Waals surface area (Å²) in [4.78, 5) is 11.9. The Bertz CT molecular complexity index is 295. The quantitative estimate of drug-likeness (QED) is 0.550. The normalized spacial score (nSPS) is 26.0. The first-order chi connectivity index (χ1) is 9.53. The molecule has 0 aromatic rings. The average Bonchev–Trinajstić information content (AvgIpc) is 2.45. The zero-order chi connectivity index (χ0) is 15.0. The van der Waals surface area contributed by atoms with Crippen molar-refractivity contribution in [2.75, 3.05) is 20.3 Å². The van der Waals surface area contributed by atoms with Gasteiger partial charge in [0.05, 0.1) is 12.7 Å². The average molecular weight is 285 g/mol. The van der Waals surface area contributed by atoms with Crippen molar-refractivity contribution in [3.05, 3.63) is 0 Å². The Hall–Kier alpha value is -0.610. The molecule has 3 unspecified atom stereocenters. The minimum Gasteiger partial charge on any atom is -0.465 e. The molecule has 1 aliphatic rings. The van der Waals surface area contributed by atoms with Crippen LogP contribution in [-0.2, 0) is 14.3 Å².